The van der Waals surface area contributed by atoms with Crippen molar-refractivity contribution < 1.29 is 22.7 Å². The first-order valence-corrected chi connectivity index (χ1v) is 5.80. The lowest BCUT2D eigenvalue weighted by molar-refractivity contribution is -0.178. The van der Waals surface area contributed by atoms with E-state index in [9.17, 15) is 18.0 Å². The lowest BCUT2D eigenvalue weighted by atomic mass is 9.94. The largest absolute Gasteiger partial charge is 0.411 e. The van der Waals surface area contributed by atoms with Gasteiger partial charge in [-0.1, -0.05) is 19.3 Å². The van der Waals surface area contributed by atoms with Gasteiger partial charge in [0.2, 0.25) is 5.91 Å². The Kier molecular flexibility index (Phi) is 5.24. The first-order valence-electron chi connectivity index (χ1n) is 5.80. The van der Waals surface area contributed by atoms with Crippen molar-refractivity contribution in [3.8, 4) is 0 Å². The summed E-state index contributed by atoms with van der Waals surface area (Å²) in [6, 6.07) is 0.158. The molecule has 1 amide bonds. The van der Waals surface area contributed by atoms with Gasteiger partial charge in [-0.3, -0.25) is 4.79 Å². The molecule has 6 heteroatoms. The van der Waals surface area contributed by atoms with Crippen molar-refractivity contribution >= 4 is 5.91 Å². The van der Waals surface area contributed by atoms with Crippen LogP contribution >= 0.6 is 0 Å². The second-order valence-electron chi connectivity index (χ2n) is 4.40. The average molecular weight is 253 g/mol. The Bertz CT molecular complexity index is 250. The van der Waals surface area contributed by atoms with E-state index in [4.69, 9.17) is 0 Å². The molecule has 0 radical (unpaired) electrons. The van der Waals surface area contributed by atoms with Gasteiger partial charge < -0.3 is 9.64 Å². The summed E-state index contributed by atoms with van der Waals surface area (Å²) < 4.78 is 39.8. The van der Waals surface area contributed by atoms with E-state index in [-0.39, 0.29) is 11.9 Å². The molecule has 0 atom stereocenters. The zero-order valence-corrected chi connectivity index (χ0v) is 9.92. The molecule has 0 unspecified atom stereocenters. The molecular formula is C11H18F3NO2. The van der Waals surface area contributed by atoms with E-state index in [2.05, 4.69) is 4.74 Å². The summed E-state index contributed by atoms with van der Waals surface area (Å²) in [6.45, 7) is -1.86. The van der Waals surface area contributed by atoms with Crippen molar-refractivity contribution in [1.29, 1.82) is 0 Å². The molecule has 0 bridgehead atoms. The minimum absolute atomic E-state index is 0.158. The highest BCUT2D eigenvalue weighted by Crippen LogP contribution is 2.21. The van der Waals surface area contributed by atoms with Crippen LogP contribution in [0.1, 0.15) is 32.1 Å². The number of halogens is 3. The van der Waals surface area contributed by atoms with Crippen molar-refractivity contribution in [2.24, 2.45) is 0 Å². The number of carbonyl (C=O) groups excluding carboxylic acids is 1. The third-order valence-electron chi connectivity index (χ3n) is 3.01. The number of nitrogens with zero attached hydrogens (tertiary/aromatic N) is 1. The molecular weight excluding hydrogens is 235 g/mol. The molecule has 1 fully saturated rings. The zero-order chi connectivity index (χ0) is 12.9. The van der Waals surface area contributed by atoms with E-state index < -0.39 is 19.4 Å². The summed E-state index contributed by atoms with van der Waals surface area (Å²) in [5, 5.41) is 0. The van der Waals surface area contributed by atoms with Gasteiger partial charge in [-0.2, -0.15) is 13.2 Å². The number of hydrogen-bond donors (Lipinski definition) is 0. The minimum atomic E-state index is -4.37. The predicted octanol–water partition coefficient (Wildman–Crippen LogP) is 2.36. The van der Waals surface area contributed by atoms with Crippen LogP contribution in [0.3, 0.4) is 0 Å². The number of likely N-dealkylation sites (N-methyl/N-ethyl adjacent to an activating group) is 1. The Labute approximate surface area is 98.9 Å². The molecule has 1 aliphatic carbocycles. The van der Waals surface area contributed by atoms with Gasteiger partial charge in [-0.25, -0.2) is 0 Å². The lowest BCUT2D eigenvalue weighted by Gasteiger charge is -2.31. The highest BCUT2D eigenvalue weighted by atomic mass is 19.4. The standard InChI is InChI=1S/C11H18F3NO2/c1-15(9-5-3-2-4-6-9)10(16)7-17-8-11(12,13)14/h9H,2-8H2,1H3. The van der Waals surface area contributed by atoms with Crippen LogP contribution in [-0.2, 0) is 9.53 Å². The summed E-state index contributed by atoms with van der Waals surface area (Å²) in [5.74, 6) is -0.374. The minimum Gasteiger partial charge on any atom is -0.362 e. The van der Waals surface area contributed by atoms with Crippen LogP contribution in [0.25, 0.3) is 0 Å². The molecule has 3 nitrogen and oxygen atoms in total. The fourth-order valence-electron chi connectivity index (χ4n) is 2.03. The Morgan fingerprint density at radius 3 is 2.41 bits per heavy atom. The maximum absolute atomic E-state index is 11.8. The van der Waals surface area contributed by atoms with E-state index in [0.717, 1.165) is 25.7 Å². The van der Waals surface area contributed by atoms with Crippen molar-refractivity contribution in [3.05, 3.63) is 0 Å². The second-order valence-corrected chi connectivity index (χ2v) is 4.40. The first kappa shape index (κ1) is 14.3. The summed E-state index contributed by atoms with van der Waals surface area (Å²) in [5.41, 5.74) is 0. The monoisotopic (exact) mass is 253 g/mol. The number of amides is 1. The van der Waals surface area contributed by atoms with Gasteiger partial charge in [0.25, 0.3) is 0 Å². The van der Waals surface area contributed by atoms with Crippen molar-refractivity contribution in [1.82, 2.24) is 4.90 Å². The molecule has 1 aliphatic rings. The van der Waals surface area contributed by atoms with Crippen LogP contribution in [0, 0.1) is 0 Å². The van der Waals surface area contributed by atoms with Crippen molar-refractivity contribution in [3.63, 3.8) is 0 Å². The van der Waals surface area contributed by atoms with Crippen LogP contribution < -0.4 is 0 Å². The topological polar surface area (TPSA) is 29.5 Å². The Morgan fingerprint density at radius 1 is 1.29 bits per heavy atom. The number of alkyl halides is 3. The molecule has 0 N–H and O–H groups in total. The van der Waals surface area contributed by atoms with Gasteiger partial charge >= 0.3 is 6.18 Å². The van der Waals surface area contributed by atoms with Crippen molar-refractivity contribution in [2.45, 2.75) is 44.3 Å². The first-order chi connectivity index (χ1) is 7.90. The summed E-state index contributed by atoms with van der Waals surface area (Å²) in [4.78, 5) is 13.1. The molecule has 0 aromatic rings. The maximum atomic E-state index is 11.8. The summed E-state index contributed by atoms with van der Waals surface area (Å²) in [7, 11) is 1.63. The second kappa shape index (κ2) is 6.23. The molecule has 17 heavy (non-hydrogen) atoms. The lowest BCUT2D eigenvalue weighted by Crippen LogP contribution is -2.40. The normalized spacial score (nSPS) is 18.1. The van der Waals surface area contributed by atoms with E-state index in [0.29, 0.717) is 0 Å². The highest BCUT2D eigenvalue weighted by molar-refractivity contribution is 5.77. The van der Waals surface area contributed by atoms with E-state index in [1.54, 1.807) is 7.05 Å². The van der Waals surface area contributed by atoms with Gasteiger partial charge in [-0.05, 0) is 12.8 Å². The SMILES string of the molecule is CN(C(=O)COCC(F)(F)F)C1CCCCC1. The Morgan fingerprint density at radius 2 is 1.88 bits per heavy atom. The molecule has 0 aromatic heterocycles. The zero-order valence-electron chi connectivity index (χ0n) is 9.92. The number of rotatable bonds is 4. The van der Waals surface area contributed by atoms with Gasteiger partial charge in [0, 0.05) is 13.1 Å². The van der Waals surface area contributed by atoms with E-state index in [1.807, 2.05) is 0 Å². The van der Waals surface area contributed by atoms with Crippen LogP contribution in [0.15, 0.2) is 0 Å². The fourth-order valence-corrected chi connectivity index (χ4v) is 2.03. The van der Waals surface area contributed by atoms with Crippen LogP contribution in [-0.4, -0.2) is 43.3 Å². The van der Waals surface area contributed by atoms with Gasteiger partial charge in [0.05, 0.1) is 0 Å². The van der Waals surface area contributed by atoms with E-state index >= 15 is 0 Å². The molecule has 1 saturated carbocycles. The maximum Gasteiger partial charge on any atom is 0.411 e. The third-order valence-corrected chi connectivity index (χ3v) is 3.01. The third kappa shape index (κ3) is 5.39. The fraction of sp³-hybridized carbons (Fsp3) is 0.909. The quantitative estimate of drug-likeness (QED) is 0.769. The molecule has 0 saturated heterocycles. The molecule has 0 heterocycles. The van der Waals surface area contributed by atoms with Gasteiger partial charge in [0.1, 0.15) is 13.2 Å². The number of carbonyl (C=O) groups is 1. The smallest absolute Gasteiger partial charge is 0.362 e. The van der Waals surface area contributed by atoms with E-state index in [1.165, 1.54) is 11.3 Å². The van der Waals surface area contributed by atoms with Gasteiger partial charge in [0.15, 0.2) is 0 Å². The number of ether oxygens (including phenoxy) is 1. The molecule has 0 spiro atoms. The molecule has 1 rings (SSSR count). The highest BCUT2D eigenvalue weighted by Gasteiger charge is 2.28. The molecule has 0 aromatic carbocycles. The molecule has 100 valence electrons. The summed E-state index contributed by atoms with van der Waals surface area (Å²) in [6.07, 6.45) is 0.813. The Balaban J connectivity index is 2.26. The summed E-state index contributed by atoms with van der Waals surface area (Å²) >= 11 is 0. The average Bonchev–Trinajstić information content (AvgIpc) is 2.27. The van der Waals surface area contributed by atoms with Crippen LogP contribution in [0.2, 0.25) is 0 Å². The number of hydrogen-bond acceptors (Lipinski definition) is 2. The van der Waals surface area contributed by atoms with Gasteiger partial charge in [-0.15, -0.1) is 0 Å². The Hall–Kier alpha value is -0.780. The predicted molar refractivity (Wildman–Crippen MR) is 56.5 cm³/mol. The van der Waals surface area contributed by atoms with Crippen molar-refractivity contribution in [2.75, 3.05) is 20.3 Å². The molecule has 0 aliphatic heterocycles. The van der Waals surface area contributed by atoms with Crippen LogP contribution in [0.5, 0.6) is 0 Å². The van der Waals surface area contributed by atoms with Crippen LogP contribution in [0.4, 0.5) is 13.2 Å².